The third-order valence-electron chi connectivity index (χ3n) is 4.92. The highest BCUT2D eigenvalue weighted by molar-refractivity contribution is 5.87. The molecule has 2 heterocycles. The topological polar surface area (TPSA) is 104 Å². The Morgan fingerprint density at radius 1 is 1.10 bits per heavy atom. The zero-order valence-electron chi connectivity index (χ0n) is 16.3. The van der Waals surface area contributed by atoms with Gasteiger partial charge in [-0.05, 0) is 23.8 Å². The van der Waals surface area contributed by atoms with Gasteiger partial charge in [-0.2, -0.15) is 5.10 Å². The number of fused-ring (bicyclic) bond motifs is 2. The van der Waals surface area contributed by atoms with Crippen LogP contribution in [0.4, 0.5) is 11.6 Å². The van der Waals surface area contributed by atoms with Gasteiger partial charge in [0, 0.05) is 0 Å². The molecule has 0 saturated carbocycles. The van der Waals surface area contributed by atoms with Gasteiger partial charge in [0.25, 0.3) is 5.69 Å². The number of nitrogens with one attached hydrogen (secondary N) is 1. The summed E-state index contributed by atoms with van der Waals surface area (Å²) in [7, 11) is 0. The van der Waals surface area contributed by atoms with Crippen molar-refractivity contribution in [3.05, 3.63) is 88.0 Å². The summed E-state index contributed by atoms with van der Waals surface area (Å²) in [6.07, 6.45) is 1.38. The van der Waals surface area contributed by atoms with E-state index in [0.717, 1.165) is 16.6 Å². The molecule has 1 aliphatic heterocycles. The predicted octanol–water partition coefficient (Wildman–Crippen LogP) is 4.17. The van der Waals surface area contributed by atoms with Crippen LogP contribution in [0.25, 0.3) is 11.0 Å². The van der Waals surface area contributed by atoms with E-state index in [-0.39, 0.29) is 12.5 Å². The summed E-state index contributed by atoms with van der Waals surface area (Å²) in [6.45, 7) is 0.637. The summed E-state index contributed by atoms with van der Waals surface area (Å²) >= 11 is 0. The minimum Gasteiger partial charge on any atom is -0.454 e. The first kappa shape index (κ1) is 18.6. The number of rotatable bonds is 6. The number of hydrazone groups is 1. The molecule has 0 saturated heterocycles. The second-order valence-electron chi connectivity index (χ2n) is 6.89. The number of aromatic nitrogens is 2. The van der Waals surface area contributed by atoms with Gasteiger partial charge in [0.1, 0.15) is 0 Å². The van der Waals surface area contributed by atoms with Crippen LogP contribution >= 0.6 is 0 Å². The molecule has 0 atom stereocenters. The molecule has 0 unspecified atom stereocenters. The van der Waals surface area contributed by atoms with E-state index >= 15 is 0 Å². The lowest BCUT2D eigenvalue weighted by Gasteiger charge is -2.08. The maximum absolute atomic E-state index is 11.4. The van der Waals surface area contributed by atoms with Gasteiger partial charge in [0.15, 0.2) is 11.5 Å². The Bertz CT molecular complexity index is 1300. The van der Waals surface area contributed by atoms with E-state index in [4.69, 9.17) is 9.47 Å². The lowest BCUT2D eigenvalue weighted by Crippen LogP contribution is -2.05. The molecule has 5 rings (SSSR count). The number of para-hydroxylation sites is 2. The molecule has 9 nitrogen and oxygen atoms in total. The molecule has 0 aliphatic carbocycles. The van der Waals surface area contributed by atoms with E-state index in [1.807, 2.05) is 59.2 Å². The number of nitro groups is 1. The van der Waals surface area contributed by atoms with Crippen LogP contribution in [0.5, 0.6) is 11.5 Å². The zero-order valence-corrected chi connectivity index (χ0v) is 16.3. The van der Waals surface area contributed by atoms with Crippen LogP contribution in [-0.4, -0.2) is 27.5 Å². The lowest BCUT2D eigenvalue weighted by atomic mass is 10.1. The number of nitrogens with zero attached hydrogens (tertiary/aromatic N) is 4. The van der Waals surface area contributed by atoms with E-state index < -0.39 is 4.92 Å². The smallest absolute Gasteiger partial charge is 0.282 e. The quantitative estimate of drug-likeness (QED) is 0.288. The number of imidazole rings is 1. The van der Waals surface area contributed by atoms with Crippen LogP contribution in [0.15, 0.2) is 71.8 Å². The summed E-state index contributed by atoms with van der Waals surface area (Å²) in [6, 6.07) is 20.7. The highest BCUT2D eigenvalue weighted by Gasteiger charge is 2.22. The van der Waals surface area contributed by atoms with Gasteiger partial charge in [-0.3, -0.25) is 10.1 Å². The third-order valence-corrected chi connectivity index (χ3v) is 4.92. The molecular weight excluding hydrogens is 398 g/mol. The van der Waals surface area contributed by atoms with Crippen LogP contribution in [0.2, 0.25) is 0 Å². The molecular formula is C22H17N5O4. The van der Waals surface area contributed by atoms with Crippen LogP contribution < -0.4 is 14.9 Å². The summed E-state index contributed by atoms with van der Waals surface area (Å²) in [5, 5.41) is 15.7. The number of benzene rings is 3. The van der Waals surface area contributed by atoms with E-state index in [1.165, 1.54) is 12.3 Å². The van der Waals surface area contributed by atoms with Crippen molar-refractivity contribution in [2.45, 2.75) is 6.54 Å². The van der Waals surface area contributed by atoms with Crippen LogP contribution in [0.3, 0.4) is 0 Å². The second kappa shape index (κ2) is 7.79. The molecule has 3 aromatic carbocycles. The SMILES string of the molecule is O=[N+]([O-])c1cc2c(cc1/C=N\Nc1nc3ccccc3n1Cc1ccccc1)OCO2. The fourth-order valence-electron chi connectivity index (χ4n) is 3.45. The van der Waals surface area contributed by atoms with Crippen LogP contribution in [-0.2, 0) is 6.54 Å². The summed E-state index contributed by atoms with van der Waals surface area (Å²) in [4.78, 5) is 15.6. The molecule has 1 aromatic heterocycles. The molecule has 1 N–H and O–H groups in total. The second-order valence-corrected chi connectivity index (χ2v) is 6.89. The highest BCUT2D eigenvalue weighted by atomic mass is 16.7. The molecule has 31 heavy (non-hydrogen) atoms. The van der Waals surface area contributed by atoms with E-state index in [0.29, 0.717) is 29.6 Å². The summed E-state index contributed by atoms with van der Waals surface area (Å²) in [5.41, 5.74) is 6.01. The van der Waals surface area contributed by atoms with Crippen molar-refractivity contribution in [3.8, 4) is 11.5 Å². The fourth-order valence-corrected chi connectivity index (χ4v) is 3.45. The lowest BCUT2D eigenvalue weighted by molar-refractivity contribution is -0.385. The number of nitro benzene ring substituents is 1. The Morgan fingerprint density at radius 3 is 2.65 bits per heavy atom. The van der Waals surface area contributed by atoms with Crippen LogP contribution in [0, 0.1) is 10.1 Å². The highest BCUT2D eigenvalue weighted by Crippen LogP contribution is 2.37. The van der Waals surface area contributed by atoms with Crippen molar-refractivity contribution in [2.24, 2.45) is 5.10 Å². The van der Waals surface area contributed by atoms with E-state index in [2.05, 4.69) is 15.5 Å². The molecule has 154 valence electrons. The average molecular weight is 415 g/mol. The standard InChI is InChI=1S/C22H17N5O4/c28-27(29)19-11-21-20(30-14-31-21)10-16(19)12-23-25-22-24-17-8-4-5-9-18(17)26(22)13-15-6-2-1-3-7-15/h1-12H,13-14H2,(H,24,25)/b23-12-. The molecule has 0 spiro atoms. The van der Waals surface area contributed by atoms with Crippen molar-refractivity contribution in [1.29, 1.82) is 0 Å². The van der Waals surface area contributed by atoms with E-state index in [1.54, 1.807) is 6.07 Å². The van der Waals surface area contributed by atoms with Crippen molar-refractivity contribution >= 4 is 28.9 Å². The van der Waals surface area contributed by atoms with Gasteiger partial charge >= 0.3 is 0 Å². The van der Waals surface area contributed by atoms with Crippen molar-refractivity contribution in [2.75, 3.05) is 12.2 Å². The first-order valence-corrected chi connectivity index (χ1v) is 9.55. The summed E-state index contributed by atoms with van der Waals surface area (Å²) in [5.74, 6) is 1.33. The third kappa shape index (κ3) is 3.64. The number of anilines is 1. The molecule has 0 bridgehead atoms. The average Bonchev–Trinajstić information content (AvgIpc) is 3.38. The fraction of sp³-hybridized carbons (Fsp3) is 0.0909. The predicted molar refractivity (Wildman–Crippen MR) is 116 cm³/mol. The minimum absolute atomic E-state index is 0.0366. The monoisotopic (exact) mass is 415 g/mol. The minimum atomic E-state index is -0.478. The molecule has 9 heteroatoms. The number of hydrogen-bond donors (Lipinski definition) is 1. The van der Waals surface area contributed by atoms with Crippen molar-refractivity contribution in [3.63, 3.8) is 0 Å². The van der Waals surface area contributed by atoms with Gasteiger partial charge < -0.3 is 14.0 Å². The van der Waals surface area contributed by atoms with Crippen molar-refractivity contribution < 1.29 is 14.4 Å². The van der Waals surface area contributed by atoms with E-state index in [9.17, 15) is 10.1 Å². The maximum atomic E-state index is 11.4. The Hall–Kier alpha value is -4.40. The van der Waals surface area contributed by atoms with Crippen molar-refractivity contribution in [1.82, 2.24) is 9.55 Å². The first-order valence-electron chi connectivity index (χ1n) is 9.55. The Balaban J connectivity index is 1.47. The largest absolute Gasteiger partial charge is 0.454 e. The molecule has 0 fully saturated rings. The summed E-state index contributed by atoms with van der Waals surface area (Å²) < 4.78 is 12.6. The normalized spacial score (nSPS) is 12.5. The molecule has 0 radical (unpaired) electrons. The van der Waals surface area contributed by atoms with Gasteiger partial charge in [0.05, 0.1) is 40.3 Å². The van der Waals surface area contributed by atoms with Gasteiger partial charge in [-0.15, -0.1) is 0 Å². The molecule has 4 aromatic rings. The van der Waals surface area contributed by atoms with Crippen LogP contribution in [0.1, 0.15) is 11.1 Å². The Morgan fingerprint density at radius 2 is 1.84 bits per heavy atom. The Kier molecular flexibility index (Phi) is 4.68. The Labute approximate surface area is 176 Å². The van der Waals surface area contributed by atoms with Gasteiger partial charge in [0.2, 0.25) is 12.7 Å². The number of hydrogen-bond acceptors (Lipinski definition) is 7. The first-order chi connectivity index (χ1) is 15.2. The molecule has 1 aliphatic rings. The van der Waals surface area contributed by atoms with Gasteiger partial charge in [-0.1, -0.05) is 42.5 Å². The van der Waals surface area contributed by atoms with Gasteiger partial charge in [-0.25, -0.2) is 10.4 Å². The maximum Gasteiger partial charge on any atom is 0.282 e. The molecule has 0 amide bonds. The zero-order chi connectivity index (χ0) is 21.2. The number of ether oxygens (including phenoxy) is 2.